The van der Waals surface area contributed by atoms with E-state index in [0.29, 0.717) is 15.2 Å². The highest BCUT2D eigenvalue weighted by Crippen LogP contribution is 2.41. The summed E-state index contributed by atoms with van der Waals surface area (Å²) < 4.78 is 6.67. The Morgan fingerprint density at radius 1 is 1.37 bits per heavy atom. The molecule has 0 saturated carbocycles. The summed E-state index contributed by atoms with van der Waals surface area (Å²) in [7, 11) is -2.11. The zero-order chi connectivity index (χ0) is 15.0. The Morgan fingerprint density at radius 2 is 1.89 bits per heavy atom. The molecule has 0 saturated heterocycles. The summed E-state index contributed by atoms with van der Waals surface area (Å²) in [5.74, 6) is -0.680. The van der Waals surface area contributed by atoms with Gasteiger partial charge in [0.05, 0.1) is 4.47 Å². The van der Waals surface area contributed by atoms with Crippen molar-refractivity contribution in [2.75, 3.05) is 0 Å². The number of benzene rings is 1. The molecule has 3 nitrogen and oxygen atoms in total. The van der Waals surface area contributed by atoms with Crippen molar-refractivity contribution in [2.24, 2.45) is 0 Å². The van der Waals surface area contributed by atoms with Gasteiger partial charge in [0.1, 0.15) is 11.3 Å². The van der Waals surface area contributed by atoms with Gasteiger partial charge in [-0.1, -0.05) is 32.4 Å². The molecule has 0 aromatic heterocycles. The number of hydrogen-bond donors (Lipinski definition) is 1. The topological polar surface area (TPSA) is 46.5 Å². The smallest absolute Gasteiger partial charge is 0.339 e. The van der Waals surface area contributed by atoms with Gasteiger partial charge in [-0.2, -0.15) is 0 Å². The van der Waals surface area contributed by atoms with E-state index in [9.17, 15) is 9.90 Å². The molecule has 0 radical (unpaired) electrons. The molecule has 0 bridgehead atoms. The molecule has 0 heterocycles. The summed E-state index contributed by atoms with van der Waals surface area (Å²) >= 11 is 9.22. The quantitative estimate of drug-likeness (QED) is 0.750. The third-order valence-electron chi connectivity index (χ3n) is 3.40. The summed E-state index contributed by atoms with van der Waals surface area (Å²) in [6.07, 6.45) is 0. The number of halogens is 2. The molecular weight excluding hydrogens is 348 g/mol. The summed E-state index contributed by atoms with van der Waals surface area (Å²) in [4.78, 5) is 11.3. The zero-order valence-electron chi connectivity index (χ0n) is 11.7. The minimum atomic E-state index is -2.11. The fraction of sp³-hybridized carbons (Fsp3) is 0.462. The van der Waals surface area contributed by atoms with Crippen molar-refractivity contribution in [3.8, 4) is 5.75 Å². The van der Waals surface area contributed by atoms with E-state index < -0.39 is 14.3 Å². The Bertz CT molecular complexity index is 509. The maximum absolute atomic E-state index is 11.3. The minimum absolute atomic E-state index is 0.0121. The van der Waals surface area contributed by atoms with E-state index in [1.807, 2.05) is 0 Å². The number of aromatic carboxylic acids is 1. The Kier molecular flexibility index (Phi) is 4.75. The lowest BCUT2D eigenvalue weighted by atomic mass is 10.2. The van der Waals surface area contributed by atoms with E-state index in [1.54, 1.807) is 6.07 Å². The zero-order valence-corrected chi connectivity index (χ0v) is 15.0. The van der Waals surface area contributed by atoms with E-state index in [4.69, 9.17) is 16.0 Å². The summed E-state index contributed by atoms with van der Waals surface area (Å²) in [5, 5.41) is 9.63. The number of hydrogen-bond acceptors (Lipinski definition) is 2. The maximum Gasteiger partial charge on any atom is 0.339 e. The number of carbonyl (C=O) groups is 1. The van der Waals surface area contributed by atoms with Crippen LogP contribution in [0.1, 0.15) is 31.1 Å². The molecule has 0 fully saturated rings. The average molecular weight is 366 g/mol. The van der Waals surface area contributed by atoms with E-state index >= 15 is 0 Å². The Morgan fingerprint density at radius 3 is 2.32 bits per heavy atom. The largest absolute Gasteiger partial charge is 0.542 e. The molecule has 1 aromatic carbocycles. The second kappa shape index (κ2) is 5.46. The molecule has 0 aliphatic rings. The van der Waals surface area contributed by atoms with Gasteiger partial charge in [-0.3, -0.25) is 0 Å². The van der Waals surface area contributed by atoms with Gasteiger partial charge >= 0.3 is 5.97 Å². The predicted molar refractivity (Wildman–Crippen MR) is 83.9 cm³/mol. The van der Waals surface area contributed by atoms with Crippen LogP contribution in [0.5, 0.6) is 5.75 Å². The standard InChI is InChI=1S/C13H18BrClO3Si/c1-13(2,3)19(4,5)18-11-9(12(16)17)6-8(15)7-10(11)14/h6-7H,1-5H3,(H,16,17). The van der Waals surface area contributed by atoms with E-state index in [-0.39, 0.29) is 10.6 Å². The van der Waals surface area contributed by atoms with Crippen molar-refractivity contribution in [1.82, 2.24) is 0 Å². The second-order valence-corrected chi connectivity index (χ2v) is 11.9. The first-order valence-electron chi connectivity index (χ1n) is 5.87. The third-order valence-corrected chi connectivity index (χ3v) is 8.54. The number of rotatable bonds is 3. The van der Waals surface area contributed by atoms with Gasteiger partial charge in [0.15, 0.2) is 0 Å². The molecule has 0 spiro atoms. The van der Waals surface area contributed by atoms with Crippen molar-refractivity contribution in [3.63, 3.8) is 0 Å². The second-order valence-electron chi connectivity index (χ2n) is 5.93. The molecule has 1 aromatic rings. The molecule has 0 amide bonds. The lowest BCUT2D eigenvalue weighted by molar-refractivity contribution is 0.0694. The van der Waals surface area contributed by atoms with E-state index in [2.05, 4.69) is 49.8 Å². The van der Waals surface area contributed by atoms with Crippen molar-refractivity contribution in [3.05, 3.63) is 27.2 Å². The predicted octanol–water partition coefficient (Wildman–Crippen LogP) is 5.18. The van der Waals surface area contributed by atoms with E-state index in [0.717, 1.165) is 0 Å². The van der Waals surface area contributed by atoms with Crippen LogP contribution in [-0.2, 0) is 0 Å². The van der Waals surface area contributed by atoms with Crippen LogP contribution in [0.15, 0.2) is 16.6 Å². The summed E-state index contributed by atoms with van der Waals surface area (Å²) in [6, 6.07) is 3.06. The monoisotopic (exact) mass is 364 g/mol. The van der Waals surface area contributed by atoms with E-state index in [1.165, 1.54) is 6.07 Å². The molecule has 1 N–H and O–H groups in total. The molecule has 0 aliphatic carbocycles. The molecule has 0 atom stereocenters. The highest BCUT2D eigenvalue weighted by atomic mass is 79.9. The van der Waals surface area contributed by atoms with Crippen LogP contribution in [0.4, 0.5) is 0 Å². The fourth-order valence-electron chi connectivity index (χ4n) is 1.23. The molecule has 6 heteroatoms. The summed E-state index contributed by atoms with van der Waals surface area (Å²) in [5.41, 5.74) is 0.0872. The third kappa shape index (κ3) is 3.74. The normalized spacial score (nSPS) is 12.4. The van der Waals surface area contributed by atoms with Crippen molar-refractivity contribution < 1.29 is 14.3 Å². The van der Waals surface area contributed by atoms with Crippen molar-refractivity contribution in [1.29, 1.82) is 0 Å². The fourth-order valence-corrected chi connectivity index (χ4v) is 3.31. The minimum Gasteiger partial charge on any atom is -0.542 e. The van der Waals surface area contributed by atoms with Crippen molar-refractivity contribution >= 4 is 41.8 Å². The molecule has 106 valence electrons. The Labute approximate surface area is 128 Å². The van der Waals surface area contributed by atoms with Gasteiger partial charge < -0.3 is 9.53 Å². The molecule has 1 rings (SSSR count). The van der Waals surface area contributed by atoms with Gasteiger partial charge in [-0.05, 0) is 46.2 Å². The van der Waals surface area contributed by atoms with Crippen LogP contribution in [-0.4, -0.2) is 19.4 Å². The van der Waals surface area contributed by atoms with Gasteiger partial charge in [0.2, 0.25) is 0 Å². The Balaban J connectivity index is 3.32. The van der Waals surface area contributed by atoms with Crippen LogP contribution >= 0.6 is 27.5 Å². The molecule has 0 unspecified atom stereocenters. The van der Waals surface area contributed by atoms with Gasteiger partial charge in [-0.15, -0.1) is 0 Å². The highest BCUT2D eigenvalue weighted by Gasteiger charge is 2.40. The van der Waals surface area contributed by atoms with Crippen LogP contribution in [0.3, 0.4) is 0 Å². The SMILES string of the molecule is CC(C)(C)[Si](C)(C)Oc1c(Br)cc(Cl)cc1C(=O)O. The first-order chi connectivity index (χ1) is 8.45. The first-order valence-corrected chi connectivity index (χ1v) is 9.95. The number of carboxylic acid groups (broad SMARTS) is 1. The van der Waals surface area contributed by atoms with Crippen LogP contribution in [0.2, 0.25) is 23.2 Å². The first kappa shape index (κ1) is 16.5. The highest BCUT2D eigenvalue weighted by molar-refractivity contribution is 9.10. The average Bonchev–Trinajstić information content (AvgIpc) is 2.19. The van der Waals surface area contributed by atoms with Crippen molar-refractivity contribution in [2.45, 2.75) is 38.9 Å². The molecule has 0 aliphatic heterocycles. The number of carboxylic acids is 1. The van der Waals surface area contributed by atoms with Gasteiger partial charge in [0.25, 0.3) is 8.32 Å². The van der Waals surface area contributed by atoms with Crippen LogP contribution in [0.25, 0.3) is 0 Å². The molecule has 19 heavy (non-hydrogen) atoms. The lowest BCUT2D eigenvalue weighted by Gasteiger charge is -2.37. The lowest BCUT2D eigenvalue weighted by Crippen LogP contribution is -2.44. The van der Waals surface area contributed by atoms with Gasteiger partial charge in [0, 0.05) is 5.02 Å². The Hall–Kier alpha value is -0.523. The summed E-state index contributed by atoms with van der Waals surface area (Å²) in [6.45, 7) is 10.4. The molecular formula is C13H18BrClO3Si. The van der Waals surface area contributed by atoms with Crippen LogP contribution < -0.4 is 4.43 Å². The van der Waals surface area contributed by atoms with Crippen LogP contribution in [0, 0.1) is 0 Å². The van der Waals surface area contributed by atoms with Gasteiger partial charge in [-0.25, -0.2) is 4.79 Å². The maximum atomic E-state index is 11.3.